The van der Waals surface area contributed by atoms with E-state index in [-0.39, 0.29) is 29.9 Å². The highest BCUT2D eigenvalue weighted by atomic mass is 19.4. The topological polar surface area (TPSA) is 86.5 Å². The lowest BCUT2D eigenvalue weighted by atomic mass is 10.1. The largest absolute Gasteiger partial charge is 0.457 e. The first-order chi connectivity index (χ1) is 17.3. The van der Waals surface area contributed by atoms with Crippen molar-refractivity contribution >= 4 is 23.2 Å². The molecule has 8 nitrogen and oxygen atoms in total. The van der Waals surface area contributed by atoms with Crippen LogP contribution < -0.4 is 15.5 Å². The van der Waals surface area contributed by atoms with Crippen LogP contribution in [0.1, 0.15) is 30.2 Å². The highest BCUT2D eigenvalue weighted by Gasteiger charge is 2.37. The Morgan fingerprint density at radius 1 is 1.17 bits per heavy atom. The number of nitrogens with one attached hydrogen (secondary N) is 2. The van der Waals surface area contributed by atoms with E-state index in [1.165, 1.54) is 0 Å². The van der Waals surface area contributed by atoms with Gasteiger partial charge in [-0.1, -0.05) is 6.92 Å². The predicted molar refractivity (Wildman–Crippen MR) is 129 cm³/mol. The predicted octanol–water partition coefficient (Wildman–Crippen LogP) is 4.20. The van der Waals surface area contributed by atoms with E-state index in [0.717, 1.165) is 43.6 Å². The number of aromatic nitrogens is 2. The summed E-state index contributed by atoms with van der Waals surface area (Å²) < 4.78 is 47.2. The summed E-state index contributed by atoms with van der Waals surface area (Å²) in [6, 6.07) is 9.21. The Morgan fingerprint density at radius 2 is 1.92 bits per heavy atom. The number of furan rings is 1. The molecule has 11 heteroatoms. The van der Waals surface area contributed by atoms with Gasteiger partial charge in [0.25, 0.3) is 0 Å². The van der Waals surface area contributed by atoms with Gasteiger partial charge in [0, 0.05) is 56.7 Å². The fourth-order valence-corrected chi connectivity index (χ4v) is 4.52. The van der Waals surface area contributed by atoms with E-state index in [9.17, 15) is 18.0 Å². The molecule has 1 aromatic carbocycles. The highest BCUT2D eigenvalue weighted by molar-refractivity contribution is 5.76. The normalized spacial score (nSPS) is 16.1. The van der Waals surface area contributed by atoms with Crippen molar-refractivity contribution < 1.29 is 22.4 Å². The van der Waals surface area contributed by atoms with E-state index in [4.69, 9.17) is 4.42 Å². The maximum atomic E-state index is 13.8. The molecule has 5 rings (SSSR count). The first kappa shape index (κ1) is 24.1. The number of alkyl halides is 3. The van der Waals surface area contributed by atoms with Crippen molar-refractivity contribution in [3.05, 3.63) is 53.4 Å². The second kappa shape index (κ2) is 9.81. The first-order valence-corrected chi connectivity index (χ1v) is 12.0. The quantitative estimate of drug-likeness (QED) is 0.543. The van der Waals surface area contributed by atoms with E-state index in [1.54, 1.807) is 17.9 Å². The Kier molecular flexibility index (Phi) is 6.57. The fourth-order valence-electron chi connectivity index (χ4n) is 4.52. The minimum Gasteiger partial charge on any atom is -0.457 e. The van der Waals surface area contributed by atoms with Crippen molar-refractivity contribution in [1.82, 2.24) is 20.2 Å². The molecular formula is C25H27F3N6O2. The molecule has 0 spiro atoms. The second-order valence-corrected chi connectivity index (χ2v) is 8.84. The summed E-state index contributed by atoms with van der Waals surface area (Å²) in [5, 5.41) is 6.31. The fraction of sp³-hybridized carbons (Fsp3) is 0.400. The lowest BCUT2D eigenvalue weighted by Gasteiger charge is -2.29. The van der Waals surface area contributed by atoms with Crippen molar-refractivity contribution in [1.29, 1.82) is 0 Å². The van der Waals surface area contributed by atoms with Gasteiger partial charge in [0.2, 0.25) is 11.9 Å². The average Bonchev–Trinajstić information content (AvgIpc) is 3.32. The number of carbonyl (C=O) groups is 1. The van der Waals surface area contributed by atoms with Crippen LogP contribution in [0.5, 0.6) is 0 Å². The first-order valence-electron chi connectivity index (χ1n) is 12.0. The van der Waals surface area contributed by atoms with Crippen LogP contribution in [0.25, 0.3) is 11.5 Å². The molecule has 0 saturated carbocycles. The molecule has 1 saturated heterocycles. The SMILES string of the molecule is CCC(=O)N1CCc2cc(-c3nc(Nc4ccc(N5CCNCC5)cc4)ncc3C(F)(F)F)oc2C1. The van der Waals surface area contributed by atoms with Crippen molar-refractivity contribution in [2.45, 2.75) is 32.5 Å². The number of amides is 1. The third-order valence-corrected chi connectivity index (χ3v) is 6.47. The molecule has 0 unspecified atom stereocenters. The molecule has 2 aromatic heterocycles. The van der Waals surface area contributed by atoms with Gasteiger partial charge in [0.15, 0.2) is 5.76 Å². The maximum absolute atomic E-state index is 13.8. The van der Waals surface area contributed by atoms with Crippen LogP contribution in [-0.4, -0.2) is 53.5 Å². The van der Waals surface area contributed by atoms with Gasteiger partial charge in [-0.2, -0.15) is 13.2 Å². The Balaban J connectivity index is 1.41. The summed E-state index contributed by atoms with van der Waals surface area (Å²) in [7, 11) is 0. The Bertz CT molecular complexity index is 1240. The molecular weight excluding hydrogens is 473 g/mol. The number of piperazine rings is 1. The number of hydrogen-bond donors (Lipinski definition) is 2. The van der Waals surface area contributed by atoms with Crippen LogP contribution in [0.15, 0.2) is 40.9 Å². The highest BCUT2D eigenvalue weighted by Crippen LogP contribution is 2.38. The molecule has 1 amide bonds. The zero-order valence-electron chi connectivity index (χ0n) is 19.9. The summed E-state index contributed by atoms with van der Waals surface area (Å²) in [4.78, 5) is 24.1. The molecule has 0 atom stereocenters. The van der Waals surface area contributed by atoms with E-state index in [2.05, 4.69) is 25.5 Å². The van der Waals surface area contributed by atoms with Gasteiger partial charge in [-0.05, 0) is 42.3 Å². The smallest absolute Gasteiger partial charge is 0.420 e. The van der Waals surface area contributed by atoms with Crippen LogP contribution in [0, 0.1) is 0 Å². The van der Waals surface area contributed by atoms with Crippen LogP contribution in [0.3, 0.4) is 0 Å². The zero-order chi connectivity index (χ0) is 25.3. The van der Waals surface area contributed by atoms with Crippen LogP contribution in [-0.2, 0) is 23.9 Å². The average molecular weight is 501 g/mol. The summed E-state index contributed by atoms with van der Waals surface area (Å²) in [6.45, 7) is 6.18. The van der Waals surface area contributed by atoms with Gasteiger partial charge in [-0.15, -0.1) is 0 Å². The number of anilines is 3. The molecule has 36 heavy (non-hydrogen) atoms. The number of rotatable bonds is 5. The molecule has 0 radical (unpaired) electrons. The zero-order valence-corrected chi connectivity index (χ0v) is 19.9. The molecule has 0 aliphatic carbocycles. The van der Waals surface area contributed by atoms with Crippen LogP contribution in [0.2, 0.25) is 0 Å². The molecule has 4 heterocycles. The summed E-state index contributed by atoms with van der Waals surface area (Å²) >= 11 is 0. The summed E-state index contributed by atoms with van der Waals surface area (Å²) in [6.07, 6.45) is -3.01. The number of hydrogen-bond acceptors (Lipinski definition) is 7. The Morgan fingerprint density at radius 3 is 2.61 bits per heavy atom. The van der Waals surface area contributed by atoms with Crippen molar-refractivity contribution in [3.8, 4) is 11.5 Å². The van der Waals surface area contributed by atoms with E-state index < -0.39 is 11.7 Å². The minimum atomic E-state index is -4.66. The van der Waals surface area contributed by atoms with Gasteiger partial charge >= 0.3 is 6.18 Å². The molecule has 3 aromatic rings. The number of fused-ring (bicyclic) bond motifs is 1. The van der Waals surface area contributed by atoms with Crippen molar-refractivity contribution in [2.75, 3.05) is 42.9 Å². The number of benzene rings is 1. The van der Waals surface area contributed by atoms with Crippen LogP contribution >= 0.6 is 0 Å². The number of carbonyl (C=O) groups excluding carboxylic acids is 1. The van der Waals surface area contributed by atoms with Gasteiger partial charge in [-0.3, -0.25) is 4.79 Å². The lowest BCUT2D eigenvalue weighted by Crippen LogP contribution is -2.43. The van der Waals surface area contributed by atoms with Gasteiger partial charge in [0.05, 0.1) is 6.54 Å². The lowest BCUT2D eigenvalue weighted by molar-refractivity contribution is -0.137. The minimum absolute atomic E-state index is 0.0117. The maximum Gasteiger partial charge on any atom is 0.420 e. The van der Waals surface area contributed by atoms with Crippen molar-refractivity contribution in [3.63, 3.8) is 0 Å². The van der Waals surface area contributed by atoms with E-state index >= 15 is 0 Å². The molecule has 190 valence electrons. The van der Waals surface area contributed by atoms with E-state index in [0.29, 0.717) is 30.8 Å². The van der Waals surface area contributed by atoms with Gasteiger partial charge < -0.3 is 24.9 Å². The molecule has 2 aliphatic rings. The Labute approximate surface area is 206 Å². The molecule has 1 fully saturated rings. The van der Waals surface area contributed by atoms with Crippen molar-refractivity contribution in [2.24, 2.45) is 0 Å². The summed E-state index contributed by atoms with van der Waals surface area (Å²) in [5.41, 5.74) is 1.21. The standard InChI is InChI=1S/C25H27F3N6O2/c1-2-22(35)34-10-7-16-13-20(36-21(16)15-34)23-19(25(26,27)28)14-30-24(32-23)31-17-3-5-18(6-4-17)33-11-8-29-9-12-33/h3-6,13-14,29H,2,7-12,15H2,1H3,(H,30,31,32). The monoisotopic (exact) mass is 500 g/mol. The molecule has 2 aliphatic heterocycles. The van der Waals surface area contributed by atoms with Gasteiger partial charge in [-0.25, -0.2) is 9.97 Å². The van der Waals surface area contributed by atoms with Crippen LogP contribution in [0.4, 0.5) is 30.5 Å². The number of halogens is 3. The third-order valence-electron chi connectivity index (χ3n) is 6.47. The Hall–Kier alpha value is -3.60. The molecule has 0 bridgehead atoms. The number of nitrogens with zero attached hydrogens (tertiary/aromatic N) is 4. The second-order valence-electron chi connectivity index (χ2n) is 8.84. The summed E-state index contributed by atoms with van der Waals surface area (Å²) in [5.74, 6) is 0.511. The molecule has 2 N–H and O–H groups in total. The third kappa shape index (κ3) is 5.01. The van der Waals surface area contributed by atoms with Gasteiger partial charge in [0.1, 0.15) is 17.0 Å². The van der Waals surface area contributed by atoms with E-state index in [1.807, 2.05) is 24.3 Å².